The van der Waals surface area contributed by atoms with Gasteiger partial charge in [-0.25, -0.2) is 4.98 Å². The molecule has 1 heterocycles. The first-order valence-electron chi connectivity index (χ1n) is 6.04. The zero-order chi connectivity index (χ0) is 16.3. The summed E-state index contributed by atoms with van der Waals surface area (Å²) >= 11 is 0.922. The Morgan fingerprint density at radius 3 is 2.41 bits per heavy atom. The number of pyridine rings is 1. The van der Waals surface area contributed by atoms with E-state index in [1.165, 1.54) is 18.4 Å². The molecule has 0 aliphatic heterocycles. The number of alkyl halides is 3. The van der Waals surface area contributed by atoms with Gasteiger partial charge in [0.2, 0.25) is 0 Å². The molecule has 2 rings (SSSR count). The standard InChI is InChI=1S/C15H9F3N2OS/c1-22-14-10(8-19)7-11(13(20-14)15(16,17)18)12(21)9-5-3-2-4-6-9/h2-7H,1H3. The molecule has 22 heavy (non-hydrogen) atoms. The number of thioether (sulfide) groups is 1. The maximum Gasteiger partial charge on any atom is 0.434 e. The minimum atomic E-state index is -4.78. The number of hydrogen-bond acceptors (Lipinski definition) is 4. The first-order valence-corrected chi connectivity index (χ1v) is 7.27. The molecule has 0 unspecified atom stereocenters. The SMILES string of the molecule is CSc1nc(C(F)(F)F)c(C(=O)c2ccccc2)cc1C#N. The summed E-state index contributed by atoms with van der Waals surface area (Å²) in [6, 6.07) is 10.3. The van der Waals surface area contributed by atoms with Crippen LogP contribution in [0.4, 0.5) is 13.2 Å². The second-order valence-electron chi connectivity index (χ2n) is 4.25. The second kappa shape index (κ2) is 6.20. The summed E-state index contributed by atoms with van der Waals surface area (Å²) in [5, 5.41) is 8.97. The molecule has 3 nitrogen and oxygen atoms in total. The van der Waals surface area contributed by atoms with Gasteiger partial charge in [0, 0.05) is 5.56 Å². The Kier molecular flexibility index (Phi) is 4.52. The second-order valence-corrected chi connectivity index (χ2v) is 5.04. The van der Waals surface area contributed by atoms with Gasteiger partial charge < -0.3 is 0 Å². The highest BCUT2D eigenvalue weighted by Gasteiger charge is 2.38. The highest BCUT2D eigenvalue weighted by molar-refractivity contribution is 7.98. The molecule has 1 aromatic carbocycles. The predicted molar refractivity (Wildman–Crippen MR) is 75.6 cm³/mol. The molecule has 0 spiro atoms. The minimum absolute atomic E-state index is 0.0558. The summed E-state index contributed by atoms with van der Waals surface area (Å²) in [7, 11) is 0. The molecule has 112 valence electrons. The number of carbonyl (C=O) groups is 1. The number of nitrogens with zero attached hydrogens (tertiary/aromatic N) is 2. The summed E-state index contributed by atoms with van der Waals surface area (Å²) in [5.41, 5.74) is -1.84. The van der Waals surface area contributed by atoms with Gasteiger partial charge in [-0.2, -0.15) is 18.4 Å². The van der Waals surface area contributed by atoms with Gasteiger partial charge >= 0.3 is 6.18 Å². The normalized spacial score (nSPS) is 11.0. The number of aromatic nitrogens is 1. The predicted octanol–water partition coefficient (Wildman–Crippen LogP) is 3.92. The molecule has 7 heteroatoms. The van der Waals surface area contributed by atoms with Gasteiger partial charge in [-0.15, -0.1) is 11.8 Å². The van der Waals surface area contributed by atoms with Crippen LogP contribution in [0.15, 0.2) is 41.4 Å². The van der Waals surface area contributed by atoms with E-state index in [4.69, 9.17) is 5.26 Å². The number of halogens is 3. The fourth-order valence-electron chi connectivity index (χ4n) is 1.87. The number of ketones is 1. The van der Waals surface area contributed by atoms with E-state index in [2.05, 4.69) is 4.98 Å². The topological polar surface area (TPSA) is 53.8 Å². The average molecular weight is 322 g/mol. The molecule has 2 aromatic rings. The Balaban J connectivity index is 2.69. The van der Waals surface area contributed by atoms with Crippen LogP contribution in [0.5, 0.6) is 0 Å². The number of nitriles is 1. The number of carbonyl (C=O) groups excluding carboxylic acids is 1. The van der Waals surface area contributed by atoms with Crippen molar-refractivity contribution in [2.24, 2.45) is 0 Å². The van der Waals surface area contributed by atoms with Gasteiger partial charge in [-0.1, -0.05) is 30.3 Å². The lowest BCUT2D eigenvalue weighted by molar-refractivity contribution is -0.141. The first-order chi connectivity index (χ1) is 10.4. The lowest BCUT2D eigenvalue weighted by Gasteiger charge is -2.13. The van der Waals surface area contributed by atoms with Crippen molar-refractivity contribution in [2.75, 3.05) is 6.26 Å². The van der Waals surface area contributed by atoms with E-state index in [-0.39, 0.29) is 16.2 Å². The largest absolute Gasteiger partial charge is 0.434 e. The van der Waals surface area contributed by atoms with Gasteiger partial charge in [-0.05, 0) is 12.3 Å². The fourth-order valence-corrected chi connectivity index (χ4v) is 2.37. The maximum absolute atomic E-state index is 13.2. The molecule has 0 N–H and O–H groups in total. The van der Waals surface area contributed by atoms with E-state index in [9.17, 15) is 18.0 Å². The first kappa shape index (κ1) is 16.0. The Morgan fingerprint density at radius 2 is 1.91 bits per heavy atom. The molecule has 0 saturated carbocycles. The van der Waals surface area contributed by atoms with Crippen LogP contribution in [0, 0.1) is 11.3 Å². The van der Waals surface area contributed by atoms with Crippen LogP contribution in [-0.4, -0.2) is 17.0 Å². The van der Waals surface area contributed by atoms with E-state index in [0.29, 0.717) is 0 Å². The molecule has 0 aliphatic rings. The molecule has 0 saturated heterocycles. The van der Waals surface area contributed by atoms with Crippen molar-refractivity contribution in [1.82, 2.24) is 4.98 Å². The molecule has 0 aliphatic carbocycles. The third-order valence-corrected chi connectivity index (χ3v) is 3.55. The number of rotatable bonds is 3. The quantitative estimate of drug-likeness (QED) is 0.635. The van der Waals surface area contributed by atoms with Crippen LogP contribution in [0.3, 0.4) is 0 Å². The maximum atomic E-state index is 13.2. The van der Waals surface area contributed by atoms with Crippen LogP contribution in [0.25, 0.3) is 0 Å². The molecule has 0 bridgehead atoms. The van der Waals surface area contributed by atoms with Crippen molar-refractivity contribution in [2.45, 2.75) is 11.2 Å². The Hall–Kier alpha value is -2.33. The van der Waals surface area contributed by atoms with Crippen molar-refractivity contribution in [3.63, 3.8) is 0 Å². The van der Waals surface area contributed by atoms with Gasteiger partial charge in [0.25, 0.3) is 0 Å². The molecule has 0 radical (unpaired) electrons. The van der Waals surface area contributed by atoms with Crippen LogP contribution in [-0.2, 0) is 6.18 Å². The zero-order valence-electron chi connectivity index (χ0n) is 11.3. The lowest BCUT2D eigenvalue weighted by Crippen LogP contribution is -2.17. The Bertz CT molecular complexity index is 752. The van der Waals surface area contributed by atoms with Crippen molar-refractivity contribution in [1.29, 1.82) is 5.26 Å². The van der Waals surface area contributed by atoms with E-state index in [1.807, 2.05) is 0 Å². The zero-order valence-corrected chi connectivity index (χ0v) is 12.1. The van der Waals surface area contributed by atoms with Crippen molar-refractivity contribution >= 4 is 17.5 Å². The molecule has 0 atom stereocenters. The van der Waals surface area contributed by atoms with E-state index < -0.39 is 23.2 Å². The summed E-state index contributed by atoms with van der Waals surface area (Å²) in [6.07, 6.45) is -3.26. The van der Waals surface area contributed by atoms with Gasteiger partial charge in [0.05, 0.1) is 11.1 Å². The fraction of sp³-hybridized carbons (Fsp3) is 0.133. The molecule has 0 amide bonds. The molecular weight excluding hydrogens is 313 g/mol. The molecule has 1 aromatic heterocycles. The molecular formula is C15H9F3N2OS. The Morgan fingerprint density at radius 1 is 1.27 bits per heavy atom. The Labute approximate surface area is 128 Å². The van der Waals surface area contributed by atoms with E-state index >= 15 is 0 Å². The number of benzene rings is 1. The smallest absolute Gasteiger partial charge is 0.289 e. The summed E-state index contributed by atoms with van der Waals surface area (Å²) < 4.78 is 39.5. The summed E-state index contributed by atoms with van der Waals surface area (Å²) in [5.74, 6) is -0.815. The van der Waals surface area contributed by atoms with Gasteiger partial charge in [0.1, 0.15) is 11.1 Å². The van der Waals surface area contributed by atoms with Crippen molar-refractivity contribution in [3.8, 4) is 6.07 Å². The summed E-state index contributed by atoms with van der Waals surface area (Å²) in [4.78, 5) is 15.8. The lowest BCUT2D eigenvalue weighted by atomic mass is 10.0. The molecule has 0 fully saturated rings. The third-order valence-electron chi connectivity index (χ3n) is 2.85. The minimum Gasteiger partial charge on any atom is -0.289 e. The van der Waals surface area contributed by atoms with Crippen LogP contribution in [0.2, 0.25) is 0 Å². The third kappa shape index (κ3) is 3.12. The monoisotopic (exact) mass is 322 g/mol. The van der Waals surface area contributed by atoms with Crippen LogP contribution in [0.1, 0.15) is 27.2 Å². The van der Waals surface area contributed by atoms with Crippen LogP contribution >= 0.6 is 11.8 Å². The average Bonchev–Trinajstić information content (AvgIpc) is 2.52. The number of hydrogen-bond donors (Lipinski definition) is 0. The highest BCUT2D eigenvalue weighted by Crippen LogP contribution is 2.34. The van der Waals surface area contributed by atoms with Crippen LogP contribution < -0.4 is 0 Å². The van der Waals surface area contributed by atoms with Gasteiger partial charge in [-0.3, -0.25) is 4.79 Å². The van der Waals surface area contributed by atoms with E-state index in [0.717, 1.165) is 17.8 Å². The van der Waals surface area contributed by atoms with Crippen molar-refractivity contribution in [3.05, 3.63) is 58.8 Å². The summed E-state index contributed by atoms with van der Waals surface area (Å²) in [6.45, 7) is 0. The van der Waals surface area contributed by atoms with Gasteiger partial charge in [0.15, 0.2) is 11.5 Å². The highest BCUT2D eigenvalue weighted by atomic mass is 32.2. The van der Waals surface area contributed by atoms with Crippen molar-refractivity contribution < 1.29 is 18.0 Å². The van der Waals surface area contributed by atoms with E-state index in [1.54, 1.807) is 24.3 Å².